The third kappa shape index (κ3) is 2.05. The van der Waals surface area contributed by atoms with E-state index in [1.807, 2.05) is 32.0 Å². The Morgan fingerprint density at radius 2 is 1.94 bits per heavy atom. The Bertz CT molecular complexity index is 671. The molecule has 4 heteroatoms. The van der Waals surface area contributed by atoms with Crippen LogP contribution in [0.2, 0.25) is 0 Å². The number of H-pyrrole nitrogens is 1. The van der Waals surface area contributed by atoms with Crippen molar-refractivity contribution in [1.29, 1.82) is 0 Å². The van der Waals surface area contributed by atoms with Gasteiger partial charge in [0.1, 0.15) is 0 Å². The lowest BCUT2D eigenvalue weighted by molar-refractivity contribution is 0.0697. The molecule has 2 aromatic rings. The number of hydrogen-bond acceptors (Lipinski definition) is 2. The summed E-state index contributed by atoms with van der Waals surface area (Å²) in [6.45, 7) is 3.90. The summed E-state index contributed by atoms with van der Waals surface area (Å²) in [5, 5.41) is 9.16. The van der Waals surface area contributed by atoms with Gasteiger partial charge >= 0.3 is 5.97 Å². The average Bonchev–Trinajstić information content (AvgIpc) is 2.33. The molecular formula is C14H13NO3. The van der Waals surface area contributed by atoms with E-state index < -0.39 is 11.5 Å². The Morgan fingerprint density at radius 3 is 2.61 bits per heavy atom. The Labute approximate surface area is 104 Å². The minimum atomic E-state index is -1.10. The molecule has 0 bridgehead atoms. The molecule has 0 aliphatic rings. The van der Waals surface area contributed by atoms with Crippen LogP contribution in [-0.4, -0.2) is 16.1 Å². The van der Waals surface area contributed by atoms with Gasteiger partial charge in [-0.15, -0.1) is 0 Å². The molecule has 0 saturated carbocycles. The van der Waals surface area contributed by atoms with Gasteiger partial charge in [0.2, 0.25) is 5.56 Å². The number of hydrogen-bond donors (Lipinski definition) is 2. The summed E-state index contributed by atoms with van der Waals surface area (Å²) in [7, 11) is 0. The van der Waals surface area contributed by atoms with Crippen molar-refractivity contribution in [2.75, 3.05) is 0 Å². The number of carbonyl (C=O) groups is 1. The van der Waals surface area contributed by atoms with Crippen LogP contribution in [0.3, 0.4) is 0 Å². The Morgan fingerprint density at radius 1 is 1.22 bits per heavy atom. The number of aromatic carboxylic acids is 1. The van der Waals surface area contributed by atoms with E-state index in [0.717, 1.165) is 22.8 Å². The zero-order chi connectivity index (χ0) is 13.3. The molecule has 0 saturated heterocycles. The molecule has 0 unspecified atom stereocenters. The number of rotatable bonds is 2. The quantitative estimate of drug-likeness (QED) is 0.850. The number of nitrogens with one attached hydrogen (secondary N) is 1. The Hall–Kier alpha value is -2.36. The number of aromatic nitrogens is 1. The van der Waals surface area contributed by atoms with Gasteiger partial charge in [0.05, 0.1) is 5.56 Å². The molecule has 1 aromatic heterocycles. The molecule has 2 N–H and O–H groups in total. The first-order chi connectivity index (χ1) is 8.50. The van der Waals surface area contributed by atoms with Crippen LogP contribution in [0.4, 0.5) is 0 Å². The van der Waals surface area contributed by atoms with E-state index in [4.69, 9.17) is 5.11 Å². The molecule has 0 fully saturated rings. The first kappa shape index (κ1) is 12.1. The number of aryl methyl sites for hydroxylation is 1. The number of benzene rings is 1. The normalized spacial score (nSPS) is 10.3. The largest absolute Gasteiger partial charge is 0.478 e. The van der Waals surface area contributed by atoms with E-state index in [-0.39, 0.29) is 5.56 Å². The zero-order valence-electron chi connectivity index (χ0n) is 10.2. The van der Waals surface area contributed by atoms with Crippen LogP contribution in [0.1, 0.15) is 21.5 Å². The second-order valence-corrected chi connectivity index (χ2v) is 4.18. The second kappa shape index (κ2) is 4.49. The number of carboxylic acid groups (broad SMARTS) is 1. The molecule has 0 aliphatic heterocycles. The average molecular weight is 243 g/mol. The monoisotopic (exact) mass is 243 g/mol. The van der Waals surface area contributed by atoms with E-state index in [2.05, 4.69) is 4.98 Å². The molecule has 0 atom stereocenters. The molecular weight excluding hydrogens is 230 g/mol. The van der Waals surface area contributed by atoms with Crippen molar-refractivity contribution in [3.63, 3.8) is 0 Å². The first-order valence-corrected chi connectivity index (χ1v) is 5.53. The lowest BCUT2D eigenvalue weighted by atomic mass is 9.95. The zero-order valence-corrected chi connectivity index (χ0v) is 10.2. The van der Waals surface area contributed by atoms with E-state index in [1.54, 1.807) is 0 Å². The summed E-state index contributed by atoms with van der Waals surface area (Å²) in [6, 6.07) is 6.79. The van der Waals surface area contributed by atoms with Gasteiger partial charge in [0.15, 0.2) is 0 Å². The van der Waals surface area contributed by atoms with Gasteiger partial charge < -0.3 is 10.1 Å². The number of pyridine rings is 1. The molecule has 4 nitrogen and oxygen atoms in total. The third-order valence-electron chi connectivity index (χ3n) is 3.05. The molecule has 92 valence electrons. The van der Waals surface area contributed by atoms with Crippen molar-refractivity contribution in [2.45, 2.75) is 13.8 Å². The van der Waals surface area contributed by atoms with Gasteiger partial charge in [0.25, 0.3) is 0 Å². The summed E-state index contributed by atoms with van der Waals surface area (Å²) >= 11 is 0. The van der Waals surface area contributed by atoms with E-state index >= 15 is 0 Å². The SMILES string of the molecule is Cc1cccc(-c2c[nH]c(=O)cc2C(=O)O)c1C. The summed E-state index contributed by atoms with van der Waals surface area (Å²) in [4.78, 5) is 24.9. The Balaban J connectivity index is 2.75. The van der Waals surface area contributed by atoms with Gasteiger partial charge in [-0.05, 0) is 30.5 Å². The molecule has 0 spiro atoms. The molecule has 0 radical (unpaired) electrons. The van der Waals surface area contributed by atoms with Gasteiger partial charge in [-0.1, -0.05) is 18.2 Å². The predicted octanol–water partition coefficient (Wildman–Crippen LogP) is 2.36. The van der Waals surface area contributed by atoms with Crippen LogP contribution in [0.15, 0.2) is 35.3 Å². The summed E-state index contributed by atoms with van der Waals surface area (Å²) in [5.41, 5.74) is 3.04. The van der Waals surface area contributed by atoms with Crippen LogP contribution in [0.5, 0.6) is 0 Å². The Kier molecular flexibility index (Phi) is 3.02. The maximum Gasteiger partial charge on any atom is 0.336 e. The highest BCUT2D eigenvalue weighted by atomic mass is 16.4. The summed E-state index contributed by atoms with van der Waals surface area (Å²) in [6.07, 6.45) is 1.45. The first-order valence-electron chi connectivity index (χ1n) is 5.53. The molecule has 1 heterocycles. The third-order valence-corrected chi connectivity index (χ3v) is 3.05. The van der Waals surface area contributed by atoms with Crippen molar-refractivity contribution in [1.82, 2.24) is 4.98 Å². The van der Waals surface area contributed by atoms with Gasteiger partial charge in [-0.3, -0.25) is 4.79 Å². The standard InChI is InChI=1S/C14H13NO3/c1-8-4-3-5-10(9(8)2)12-7-15-13(16)6-11(12)14(17)18/h3-7H,1-2H3,(H,15,16)(H,17,18). The summed E-state index contributed by atoms with van der Waals surface area (Å²) < 4.78 is 0. The minimum Gasteiger partial charge on any atom is -0.478 e. The molecule has 18 heavy (non-hydrogen) atoms. The van der Waals surface area contributed by atoms with Crippen molar-refractivity contribution < 1.29 is 9.90 Å². The van der Waals surface area contributed by atoms with Crippen LogP contribution >= 0.6 is 0 Å². The van der Waals surface area contributed by atoms with Gasteiger partial charge in [-0.25, -0.2) is 4.79 Å². The van der Waals surface area contributed by atoms with Crippen molar-refractivity contribution in [3.05, 3.63) is 57.5 Å². The van der Waals surface area contributed by atoms with Crippen molar-refractivity contribution in [2.24, 2.45) is 0 Å². The van der Waals surface area contributed by atoms with Crippen LogP contribution in [0.25, 0.3) is 11.1 Å². The maximum absolute atomic E-state index is 11.2. The van der Waals surface area contributed by atoms with Crippen LogP contribution in [-0.2, 0) is 0 Å². The second-order valence-electron chi connectivity index (χ2n) is 4.18. The number of aromatic amines is 1. The van der Waals surface area contributed by atoms with E-state index in [0.29, 0.717) is 5.56 Å². The molecule has 2 rings (SSSR count). The predicted molar refractivity (Wildman–Crippen MR) is 68.9 cm³/mol. The van der Waals surface area contributed by atoms with Crippen molar-refractivity contribution >= 4 is 5.97 Å². The smallest absolute Gasteiger partial charge is 0.336 e. The number of carboxylic acids is 1. The molecule has 0 amide bonds. The lowest BCUT2D eigenvalue weighted by Crippen LogP contribution is -2.10. The highest BCUT2D eigenvalue weighted by Gasteiger charge is 2.14. The minimum absolute atomic E-state index is 0.0208. The highest BCUT2D eigenvalue weighted by Crippen LogP contribution is 2.27. The fourth-order valence-electron chi connectivity index (χ4n) is 1.91. The van der Waals surface area contributed by atoms with E-state index in [9.17, 15) is 9.59 Å². The maximum atomic E-state index is 11.2. The van der Waals surface area contributed by atoms with Crippen LogP contribution in [0, 0.1) is 13.8 Å². The highest BCUT2D eigenvalue weighted by molar-refractivity contribution is 5.96. The van der Waals surface area contributed by atoms with Crippen molar-refractivity contribution in [3.8, 4) is 11.1 Å². The van der Waals surface area contributed by atoms with Gasteiger partial charge in [-0.2, -0.15) is 0 Å². The van der Waals surface area contributed by atoms with E-state index in [1.165, 1.54) is 6.20 Å². The fourth-order valence-corrected chi connectivity index (χ4v) is 1.91. The molecule has 1 aromatic carbocycles. The van der Waals surface area contributed by atoms with Crippen LogP contribution < -0.4 is 5.56 Å². The topological polar surface area (TPSA) is 70.2 Å². The van der Waals surface area contributed by atoms with Gasteiger partial charge in [0, 0.05) is 17.8 Å². The molecule has 0 aliphatic carbocycles. The fraction of sp³-hybridized carbons (Fsp3) is 0.143. The summed E-state index contributed by atoms with van der Waals surface area (Å²) in [5.74, 6) is -1.10. The lowest BCUT2D eigenvalue weighted by Gasteiger charge is -2.10.